The molecule has 3 aromatic rings. The van der Waals surface area contributed by atoms with E-state index in [2.05, 4.69) is 15.5 Å². The van der Waals surface area contributed by atoms with Crippen LogP contribution in [0.2, 0.25) is 0 Å². The Morgan fingerprint density at radius 2 is 1.67 bits per heavy atom. The van der Waals surface area contributed by atoms with Crippen molar-refractivity contribution < 1.29 is 18.7 Å². The van der Waals surface area contributed by atoms with Gasteiger partial charge in [0.25, 0.3) is 5.91 Å². The van der Waals surface area contributed by atoms with Crippen LogP contribution in [-0.4, -0.2) is 50.9 Å². The number of methoxy groups -OCH3 is 1. The summed E-state index contributed by atoms with van der Waals surface area (Å²) in [5.41, 5.74) is 0.727. The lowest BCUT2D eigenvalue weighted by molar-refractivity contribution is -0.168. The van der Waals surface area contributed by atoms with E-state index in [4.69, 9.17) is 4.74 Å². The van der Waals surface area contributed by atoms with Crippen LogP contribution in [0, 0.1) is 5.82 Å². The highest BCUT2D eigenvalue weighted by Crippen LogP contribution is 2.41. The first-order chi connectivity index (χ1) is 17.1. The van der Waals surface area contributed by atoms with Gasteiger partial charge in [-0.05, 0) is 69.0 Å². The van der Waals surface area contributed by atoms with Crippen molar-refractivity contribution in [2.75, 3.05) is 13.7 Å². The Hall–Kier alpha value is -3.75. The first-order valence-electron chi connectivity index (χ1n) is 12.0. The summed E-state index contributed by atoms with van der Waals surface area (Å²) in [6.45, 7) is 6.54. The number of amides is 2. The molecule has 1 fully saturated rings. The molecular formula is C27H32FN5O3. The van der Waals surface area contributed by atoms with E-state index in [1.54, 1.807) is 30.3 Å². The van der Waals surface area contributed by atoms with E-state index in [0.29, 0.717) is 31.6 Å². The lowest BCUT2D eigenvalue weighted by Crippen LogP contribution is -2.69. The lowest BCUT2D eigenvalue weighted by Gasteiger charge is -2.50. The maximum Gasteiger partial charge on any atom is 0.253 e. The molecule has 190 valence electrons. The number of nitrogens with zero attached hydrogens (tertiary/aromatic N) is 4. The number of β-lactam (4-membered cyclic amide) rings is 1. The molecule has 1 aromatic heterocycles. The number of hydrogen-bond acceptors (Lipinski definition) is 5. The summed E-state index contributed by atoms with van der Waals surface area (Å²) >= 11 is 0. The van der Waals surface area contributed by atoms with Crippen LogP contribution in [0.4, 0.5) is 4.39 Å². The second-order valence-corrected chi connectivity index (χ2v) is 10.1. The topological polar surface area (TPSA) is 89.4 Å². The Kier molecular flexibility index (Phi) is 7.10. The Bertz CT molecular complexity index is 1220. The molecule has 1 atom stereocenters. The van der Waals surface area contributed by atoms with Crippen LogP contribution in [0.15, 0.2) is 54.7 Å². The van der Waals surface area contributed by atoms with Crippen molar-refractivity contribution in [3.05, 3.63) is 77.4 Å². The smallest absolute Gasteiger partial charge is 0.253 e. The third-order valence-corrected chi connectivity index (χ3v) is 6.29. The number of aryl methyl sites for hydroxylation is 2. The van der Waals surface area contributed by atoms with Gasteiger partial charge in [0.2, 0.25) is 5.91 Å². The molecule has 0 spiro atoms. The largest absolute Gasteiger partial charge is 0.497 e. The highest BCUT2D eigenvalue weighted by molar-refractivity contribution is 6.01. The number of halogens is 1. The fourth-order valence-electron chi connectivity index (χ4n) is 4.35. The van der Waals surface area contributed by atoms with Gasteiger partial charge in [-0.15, -0.1) is 0 Å². The molecule has 36 heavy (non-hydrogen) atoms. The molecule has 2 amide bonds. The number of aromatic nitrogens is 3. The predicted molar refractivity (Wildman–Crippen MR) is 133 cm³/mol. The van der Waals surface area contributed by atoms with Crippen molar-refractivity contribution >= 4 is 11.8 Å². The summed E-state index contributed by atoms with van der Waals surface area (Å²) in [7, 11) is 1.61. The molecule has 4 rings (SSSR count). The lowest BCUT2D eigenvalue weighted by atomic mass is 9.79. The highest BCUT2D eigenvalue weighted by atomic mass is 19.1. The number of hydrogen-bond donors (Lipinski definition) is 1. The maximum absolute atomic E-state index is 13.6. The van der Waals surface area contributed by atoms with E-state index in [1.165, 1.54) is 16.9 Å². The van der Waals surface area contributed by atoms with Crippen LogP contribution in [0.1, 0.15) is 44.0 Å². The van der Waals surface area contributed by atoms with Crippen LogP contribution < -0.4 is 10.1 Å². The van der Waals surface area contributed by atoms with Crippen molar-refractivity contribution in [2.24, 2.45) is 0 Å². The summed E-state index contributed by atoms with van der Waals surface area (Å²) in [6.07, 6.45) is 2.79. The van der Waals surface area contributed by atoms with Gasteiger partial charge >= 0.3 is 0 Å². The zero-order valence-electron chi connectivity index (χ0n) is 21.1. The van der Waals surface area contributed by atoms with Gasteiger partial charge in [0.1, 0.15) is 17.3 Å². The number of carbonyl (C=O) groups excluding carboxylic acids is 2. The minimum absolute atomic E-state index is 0.0359. The van der Waals surface area contributed by atoms with Gasteiger partial charge < -0.3 is 15.0 Å². The van der Waals surface area contributed by atoms with E-state index in [1.807, 2.05) is 45.0 Å². The van der Waals surface area contributed by atoms with Gasteiger partial charge in [0.15, 0.2) is 5.54 Å². The number of ether oxygens (including phenoxy) is 1. The number of nitrogens with one attached hydrogen (secondary N) is 1. The Balaban J connectivity index is 1.55. The quantitative estimate of drug-likeness (QED) is 0.462. The van der Waals surface area contributed by atoms with E-state index < -0.39 is 11.1 Å². The molecular weight excluding hydrogens is 461 g/mol. The molecule has 0 saturated carbocycles. The summed E-state index contributed by atoms with van der Waals surface area (Å²) in [4.78, 5) is 29.5. The Morgan fingerprint density at radius 3 is 2.25 bits per heavy atom. The number of rotatable bonds is 9. The standard InChI is InChI=1S/C27H32FN5O3/c1-26(2,3)30-25(35)27(17-24(34)32(27)15-13-20-7-11-22(36-4)12-8-20)23-18-29-33(31-23)16-14-19-5-9-21(28)10-6-19/h5-12,18H,13-17H2,1-4H3,(H,30,35)/t27-/m1/s1. The third-order valence-electron chi connectivity index (χ3n) is 6.29. The fourth-order valence-corrected chi connectivity index (χ4v) is 4.35. The van der Waals surface area contributed by atoms with Crippen molar-refractivity contribution in [2.45, 2.75) is 57.7 Å². The SMILES string of the molecule is COc1ccc(CCN2C(=O)C[C@]2(C(=O)NC(C)(C)C)c2cnn(CCc3ccc(F)cc3)n2)cc1. The normalized spacial score (nSPS) is 17.6. The number of benzene rings is 2. The Labute approximate surface area is 210 Å². The molecule has 2 heterocycles. The molecule has 0 radical (unpaired) electrons. The minimum atomic E-state index is -1.22. The maximum atomic E-state index is 13.6. The van der Waals surface area contributed by atoms with Gasteiger partial charge in [0.05, 0.1) is 26.3 Å². The van der Waals surface area contributed by atoms with Crippen molar-refractivity contribution in [3.8, 4) is 5.75 Å². The second-order valence-electron chi connectivity index (χ2n) is 10.1. The first-order valence-corrected chi connectivity index (χ1v) is 12.0. The van der Waals surface area contributed by atoms with Crippen LogP contribution in [0.3, 0.4) is 0 Å². The minimum Gasteiger partial charge on any atom is -0.497 e. The van der Waals surface area contributed by atoms with Gasteiger partial charge in [-0.2, -0.15) is 15.0 Å². The molecule has 0 unspecified atom stereocenters. The summed E-state index contributed by atoms with van der Waals surface area (Å²) in [5.74, 6) is 0.104. The van der Waals surface area contributed by atoms with Crippen LogP contribution in [0.5, 0.6) is 5.75 Å². The van der Waals surface area contributed by atoms with Gasteiger partial charge in [-0.25, -0.2) is 4.39 Å². The summed E-state index contributed by atoms with van der Waals surface area (Å²) in [5, 5.41) is 12.0. The molecule has 2 aromatic carbocycles. The van der Waals surface area contributed by atoms with Crippen molar-refractivity contribution in [1.29, 1.82) is 0 Å². The van der Waals surface area contributed by atoms with Gasteiger partial charge in [0, 0.05) is 12.1 Å². The molecule has 1 N–H and O–H groups in total. The van der Waals surface area contributed by atoms with Crippen molar-refractivity contribution in [1.82, 2.24) is 25.2 Å². The first kappa shape index (κ1) is 25.3. The summed E-state index contributed by atoms with van der Waals surface area (Å²) in [6, 6.07) is 13.9. The Morgan fingerprint density at radius 1 is 1.06 bits per heavy atom. The molecule has 8 nitrogen and oxygen atoms in total. The molecule has 1 saturated heterocycles. The zero-order valence-corrected chi connectivity index (χ0v) is 21.1. The second kappa shape index (κ2) is 10.1. The molecule has 1 aliphatic heterocycles. The third kappa shape index (κ3) is 5.40. The molecule has 0 bridgehead atoms. The molecule has 9 heteroatoms. The van der Waals surface area contributed by atoms with Gasteiger partial charge in [-0.1, -0.05) is 24.3 Å². The fraction of sp³-hybridized carbons (Fsp3) is 0.407. The van der Waals surface area contributed by atoms with Crippen molar-refractivity contribution in [3.63, 3.8) is 0 Å². The van der Waals surface area contributed by atoms with Crippen LogP contribution in [-0.2, 0) is 34.5 Å². The molecule has 1 aliphatic rings. The monoisotopic (exact) mass is 493 g/mol. The van der Waals surface area contributed by atoms with Crippen LogP contribution in [0.25, 0.3) is 0 Å². The predicted octanol–water partition coefficient (Wildman–Crippen LogP) is 3.25. The zero-order chi connectivity index (χ0) is 25.9. The van der Waals surface area contributed by atoms with E-state index in [9.17, 15) is 14.0 Å². The van der Waals surface area contributed by atoms with Crippen LogP contribution >= 0.6 is 0 Å². The molecule has 0 aliphatic carbocycles. The average molecular weight is 494 g/mol. The van der Waals surface area contributed by atoms with E-state index >= 15 is 0 Å². The van der Waals surface area contributed by atoms with E-state index in [-0.39, 0.29) is 24.1 Å². The average Bonchev–Trinajstić information content (AvgIpc) is 3.30. The highest BCUT2D eigenvalue weighted by Gasteiger charge is 2.59. The summed E-state index contributed by atoms with van der Waals surface area (Å²) < 4.78 is 18.4. The number of carbonyl (C=O) groups is 2. The number of likely N-dealkylation sites (tertiary alicyclic amines) is 1. The van der Waals surface area contributed by atoms with E-state index in [0.717, 1.165) is 16.9 Å². The van der Waals surface area contributed by atoms with Gasteiger partial charge in [-0.3, -0.25) is 9.59 Å².